The summed E-state index contributed by atoms with van der Waals surface area (Å²) in [6, 6.07) is 21.7. The van der Waals surface area contributed by atoms with E-state index in [-0.39, 0.29) is 28.5 Å². The summed E-state index contributed by atoms with van der Waals surface area (Å²) >= 11 is 1.09. The highest BCUT2D eigenvalue weighted by Gasteiger charge is 2.17. The first-order chi connectivity index (χ1) is 16.5. The lowest BCUT2D eigenvalue weighted by atomic mass is 10.2. The van der Waals surface area contributed by atoms with Gasteiger partial charge < -0.3 is 10.1 Å². The first-order valence-electron chi connectivity index (χ1n) is 10.2. The number of hydrogen-bond acceptors (Lipinski definition) is 6. The molecule has 0 radical (unpaired) electrons. The Morgan fingerprint density at radius 3 is 2.47 bits per heavy atom. The summed E-state index contributed by atoms with van der Waals surface area (Å²) in [6.07, 6.45) is 0. The number of rotatable bonds is 5. The third-order valence-electron chi connectivity index (χ3n) is 5.19. The van der Waals surface area contributed by atoms with Gasteiger partial charge in [-0.1, -0.05) is 36.0 Å². The zero-order valence-electron chi connectivity index (χ0n) is 17.6. The standard InChI is InChI=1S/C25H16FN5O2S/c26-15-9-11-16(12-10-15)31-24(33)17-5-1-2-6-19(17)30-25(31)34-14-22(32)18(13-27)23-28-20-7-3-4-8-21(20)29-23/h1-12,32H,14H2,(H,28,29)/b22-18-. The second kappa shape index (κ2) is 8.84. The van der Waals surface area contributed by atoms with Gasteiger partial charge in [0.05, 0.1) is 33.4 Å². The van der Waals surface area contributed by atoms with E-state index in [0.717, 1.165) is 17.3 Å². The van der Waals surface area contributed by atoms with Gasteiger partial charge in [0.15, 0.2) is 11.0 Å². The van der Waals surface area contributed by atoms with E-state index in [1.807, 2.05) is 24.3 Å². The van der Waals surface area contributed by atoms with Crippen LogP contribution in [0.1, 0.15) is 5.82 Å². The fourth-order valence-electron chi connectivity index (χ4n) is 3.56. The number of para-hydroxylation sites is 3. The van der Waals surface area contributed by atoms with E-state index in [4.69, 9.17) is 0 Å². The van der Waals surface area contributed by atoms with E-state index in [0.29, 0.717) is 27.3 Å². The number of nitrogens with zero attached hydrogens (tertiary/aromatic N) is 4. The zero-order valence-corrected chi connectivity index (χ0v) is 18.4. The number of thioether (sulfide) groups is 1. The van der Waals surface area contributed by atoms with Crippen molar-refractivity contribution in [3.63, 3.8) is 0 Å². The summed E-state index contributed by atoms with van der Waals surface area (Å²) in [4.78, 5) is 25.3. The molecule has 0 saturated heterocycles. The quantitative estimate of drug-likeness (QED) is 0.163. The molecule has 0 amide bonds. The van der Waals surface area contributed by atoms with Crippen LogP contribution in [-0.4, -0.2) is 30.4 Å². The molecule has 34 heavy (non-hydrogen) atoms. The van der Waals surface area contributed by atoms with Crippen LogP contribution in [0.4, 0.5) is 4.39 Å². The zero-order chi connectivity index (χ0) is 23.7. The van der Waals surface area contributed by atoms with Crippen molar-refractivity contribution in [3.8, 4) is 11.8 Å². The third-order valence-corrected chi connectivity index (χ3v) is 6.14. The molecule has 2 heterocycles. The van der Waals surface area contributed by atoms with Crippen LogP contribution in [-0.2, 0) is 0 Å². The van der Waals surface area contributed by atoms with Crippen molar-refractivity contribution < 1.29 is 9.50 Å². The van der Waals surface area contributed by atoms with Crippen LogP contribution in [0.15, 0.2) is 88.5 Å². The Hall–Kier alpha value is -4.42. The average molecular weight is 470 g/mol. The lowest BCUT2D eigenvalue weighted by Crippen LogP contribution is -2.22. The Bertz CT molecular complexity index is 1630. The van der Waals surface area contributed by atoms with Gasteiger partial charge in [-0.05, 0) is 48.5 Å². The predicted octanol–water partition coefficient (Wildman–Crippen LogP) is 4.99. The average Bonchev–Trinajstić information content (AvgIpc) is 3.28. The number of hydrogen-bond donors (Lipinski definition) is 2. The Labute approximate surface area is 196 Å². The topological polar surface area (TPSA) is 108 Å². The number of aliphatic hydroxyl groups is 1. The van der Waals surface area contributed by atoms with E-state index >= 15 is 0 Å². The van der Waals surface area contributed by atoms with Crippen molar-refractivity contribution in [2.45, 2.75) is 5.16 Å². The summed E-state index contributed by atoms with van der Waals surface area (Å²) in [7, 11) is 0. The summed E-state index contributed by atoms with van der Waals surface area (Å²) in [5.41, 5.74) is 2.03. The van der Waals surface area contributed by atoms with Crippen molar-refractivity contribution >= 4 is 39.3 Å². The van der Waals surface area contributed by atoms with E-state index < -0.39 is 5.82 Å². The Balaban J connectivity index is 1.56. The maximum Gasteiger partial charge on any atom is 0.266 e. The number of aliphatic hydroxyl groups excluding tert-OH is 1. The molecule has 0 saturated carbocycles. The molecule has 0 aliphatic rings. The normalized spacial score (nSPS) is 12.0. The minimum atomic E-state index is -0.426. The number of H-pyrrole nitrogens is 1. The molecule has 0 aliphatic carbocycles. The highest BCUT2D eigenvalue weighted by molar-refractivity contribution is 7.99. The van der Waals surface area contributed by atoms with E-state index in [1.165, 1.54) is 28.8 Å². The van der Waals surface area contributed by atoms with Gasteiger partial charge in [-0.25, -0.2) is 14.4 Å². The Morgan fingerprint density at radius 2 is 1.74 bits per heavy atom. The van der Waals surface area contributed by atoms with Crippen LogP contribution in [0.3, 0.4) is 0 Å². The Morgan fingerprint density at radius 1 is 1.03 bits per heavy atom. The minimum absolute atomic E-state index is 0.000156. The molecule has 0 aliphatic heterocycles. The van der Waals surface area contributed by atoms with Crippen LogP contribution < -0.4 is 5.56 Å². The molecule has 5 aromatic rings. The van der Waals surface area contributed by atoms with Crippen molar-refractivity contribution in [2.75, 3.05) is 5.75 Å². The number of fused-ring (bicyclic) bond motifs is 2. The van der Waals surface area contributed by atoms with E-state index in [9.17, 15) is 19.6 Å². The lowest BCUT2D eigenvalue weighted by molar-refractivity contribution is 0.420. The maximum absolute atomic E-state index is 13.5. The summed E-state index contributed by atoms with van der Waals surface area (Å²) in [6.45, 7) is 0. The Kier molecular flexibility index (Phi) is 5.57. The van der Waals surface area contributed by atoms with Crippen molar-refractivity contribution in [1.29, 1.82) is 5.26 Å². The number of nitriles is 1. The number of nitrogens with one attached hydrogen (secondary N) is 1. The van der Waals surface area contributed by atoms with E-state index in [2.05, 4.69) is 15.0 Å². The monoisotopic (exact) mass is 469 g/mol. The molecular formula is C25H16FN5O2S. The van der Waals surface area contributed by atoms with Crippen LogP contribution >= 0.6 is 11.8 Å². The predicted molar refractivity (Wildman–Crippen MR) is 129 cm³/mol. The first kappa shape index (κ1) is 21.4. The molecule has 3 aromatic carbocycles. The van der Waals surface area contributed by atoms with Gasteiger partial charge >= 0.3 is 0 Å². The van der Waals surface area contributed by atoms with Crippen LogP contribution in [0.5, 0.6) is 0 Å². The first-order valence-corrected chi connectivity index (χ1v) is 11.2. The molecule has 166 valence electrons. The SMILES string of the molecule is N#C/C(=C(/O)CSc1nc2ccccc2c(=O)n1-c1ccc(F)cc1)c1nc2ccccc2[nH]1. The molecule has 0 fully saturated rings. The maximum atomic E-state index is 13.5. The largest absolute Gasteiger partial charge is 0.510 e. The summed E-state index contributed by atoms with van der Waals surface area (Å²) in [5, 5.41) is 21.1. The molecule has 0 unspecified atom stereocenters. The minimum Gasteiger partial charge on any atom is -0.510 e. The van der Waals surface area contributed by atoms with Crippen LogP contribution in [0.25, 0.3) is 33.2 Å². The number of allylic oxidation sites excluding steroid dienone is 1. The fourth-order valence-corrected chi connectivity index (χ4v) is 4.45. The number of aromatic nitrogens is 4. The van der Waals surface area contributed by atoms with Gasteiger partial charge in [-0.3, -0.25) is 9.36 Å². The van der Waals surface area contributed by atoms with Gasteiger partial charge in [0.1, 0.15) is 23.2 Å². The number of halogens is 1. The second-order valence-electron chi connectivity index (χ2n) is 7.35. The third kappa shape index (κ3) is 3.91. The molecule has 0 bridgehead atoms. The van der Waals surface area contributed by atoms with E-state index in [1.54, 1.807) is 30.3 Å². The van der Waals surface area contributed by atoms with Gasteiger partial charge in [-0.2, -0.15) is 5.26 Å². The number of benzene rings is 3. The number of imidazole rings is 1. The molecule has 0 spiro atoms. The van der Waals surface area contributed by atoms with Gasteiger partial charge in [0, 0.05) is 0 Å². The van der Waals surface area contributed by atoms with Crippen LogP contribution in [0, 0.1) is 17.1 Å². The van der Waals surface area contributed by atoms with Crippen molar-refractivity contribution in [2.24, 2.45) is 0 Å². The van der Waals surface area contributed by atoms with Crippen LogP contribution in [0.2, 0.25) is 0 Å². The molecule has 5 rings (SSSR count). The van der Waals surface area contributed by atoms with Gasteiger partial charge in [-0.15, -0.1) is 0 Å². The molecule has 2 N–H and O–H groups in total. The fraction of sp³-hybridized carbons (Fsp3) is 0.0400. The number of aromatic amines is 1. The lowest BCUT2D eigenvalue weighted by Gasteiger charge is -2.13. The summed E-state index contributed by atoms with van der Waals surface area (Å²) < 4.78 is 14.9. The highest BCUT2D eigenvalue weighted by atomic mass is 32.2. The molecule has 0 atom stereocenters. The van der Waals surface area contributed by atoms with Gasteiger partial charge in [0.25, 0.3) is 5.56 Å². The molecule has 9 heteroatoms. The molecule has 2 aromatic heterocycles. The summed E-state index contributed by atoms with van der Waals surface area (Å²) in [5.74, 6) is -0.417. The smallest absolute Gasteiger partial charge is 0.266 e. The van der Waals surface area contributed by atoms with Crippen molar-refractivity contribution in [1.82, 2.24) is 19.5 Å². The highest BCUT2D eigenvalue weighted by Crippen LogP contribution is 2.26. The van der Waals surface area contributed by atoms with Crippen molar-refractivity contribution in [3.05, 3.63) is 101 Å². The molecular weight excluding hydrogens is 453 g/mol. The molecule has 7 nitrogen and oxygen atoms in total. The second-order valence-corrected chi connectivity index (χ2v) is 8.30. The van der Waals surface area contributed by atoms with Gasteiger partial charge in [0.2, 0.25) is 0 Å².